The summed E-state index contributed by atoms with van der Waals surface area (Å²) in [5, 5.41) is 0. The highest BCUT2D eigenvalue weighted by Gasteiger charge is 2.17. The lowest BCUT2D eigenvalue weighted by Gasteiger charge is -2.10. The summed E-state index contributed by atoms with van der Waals surface area (Å²) in [5.41, 5.74) is 1.61. The van der Waals surface area contributed by atoms with E-state index in [1.165, 1.54) is 0 Å². The zero-order valence-corrected chi connectivity index (χ0v) is 10.1. The van der Waals surface area contributed by atoms with Crippen LogP contribution >= 0.6 is 15.9 Å². The summed E-state index contributed by atoms with van der Waals surface area (Å²) in [6, 6.07) is 5.57. The van der Waals surface area contributed by atoms with Crippen molar-refractivity contribution in [2.75, 3.05) is 7.11 Å². The monoisotopic (exact) mass is 256 g/mol. The highest BCUT2D eigenvalue weighted by Crippen LogP contribution is 2.25. The molecule has 0 saturated carbocycles. The molecule has 1 aromatic carbocycles. The second-order valence-electron chi connectivity index (χ2n) is 3.14. The van der Waals surface area contributed by atoms with Gasteiger partial charge in [0.2, 0.25) is 0 Å². The first-order valence-corrected chi connectivity index (χ1v) is 5.31. The molecule has 0 N–H and O–H groups in total. The summed E-state index contributed by atoms with van der Waals surface area (Å²) in [6.07, 6.45) is 0. The minimum absolute atomic E-state index is 0.0468. The van der Waals surface area contributed by atoms with Crippen molar-refractivity contribution in [3.05, 3.63) is 29.3 Å². The SMILES string of the molecule is COc1c(C)cccc1C(=O)C(C)Br. The number of benzene rings is 1. The van der Waals surface area contributed by atoms with Crippen molar-refractivity contribution in [1.82, 2.24) is 0 Å². The fourth-order valence-electron chi connectivity index (χ4n) is 1.33. The summed E-state index contributed by atoms with van der Waals surface area (Å²) in [7, 11) is 1.58. The van der Waals surface area contributed by atoms with E-state index in [0.717, 1.165) is 5.56 Å². The summed E-state index contributed by atoms with van der Waals surface area (Å²) < 4.78 is 5.21. The van der Waals surface area contributed by atoms with Gasteiger partial charge in [-0.3, -0.25) is 4.79 Å². The van der Waals surface area contributed by atoms with E-state index in [4.69, 9.17) is 4.74 Å². The van der Waals surface area contributed by atoms with E-state index >= 15 is 0 Å². The van der Waals surface area contributed by atoms with Crippen molar-refractivity contribution in [3.63, 3.8) is 0 Å². The lowest BCUT2D eigenvalue weighted by atomic mass is 10.0. The fourth-order valence-corrected chi connectivity index (χ4v) is 1.58. The molecule has 0 aliphatic rings. The van der Waals surface area contributed by atoms with Crippen molar-refractivity contribution < 1.29 is 9.53 Å². The maximum Gasteiger partial charge on any atom is 0.179 e. The third kappa shape index (κ3) is 2.15. The lowest BCUT2D eigenvalue weighted by Crippen LogP contribution is -2.11. The van der Waals surface area contributed by atoms with Crippen LogP contribution < -0.4 is 4.74 Å². The molecule has 0 aromatic heterocycles. The predicted molar refractivity (Wildman–Crippen MR) is 60.5 cm³/mol. The van der Waals surface area contributed by atoms with Gasteiger partial charge in [-0.05, 0) is 25.5 Å². The molecule has 1 unspecified atom stereocenters. The number of hydrogen-bond acceptors (Lipinski definition) is 2. The first-order chi connectivity index (χ1) is 6.57. The van der Waals surface area contributed by atoms with Gasteiger partial charge in [0.25, 0.3) is 0 Å². The number of aryl methyl sites for hydroxylation is 1. The Morgan fingerprint density at radius 2 is 2.14 bits per heavy atom. The first-order valence-electron chi connectivity index (χ1n) is 4.39. The van der Waals surface area contributed by atoms with Gasteiger partial charge >= 0.3 is 0 Å². The third-order valence-corrected chi connectivity index (χ3v) is 2.46. The number of carbonyl (C=O) groups is 1. The van der Waals surface area contributed by atoms with Gasteiger partial charge in [0, 0.05) is 0 Å². The lowest BCUT2D eigenvalue weighted by molar-refractivity contribution is 0.0993. The highest BCUT2D eigenvalue weighted by atomic mass is 79.9. The van der Waals surface area contributed by atoms with Gasteiger partial charge in [-0.25, -0.2) is 0 Å². The van der Waals surface area contributed by atoms with Crippen LogP contribution in [-0.4, -0.2) is 17.7 Å². The zero-order valence-electron chi connectivity index (χ0n) is 8.50. The van der Waals surface area contributed by atoms with Crippen molar-refractivity contribution in [2.24, 2.45) is 0 Å². The Hall–Kier alpha value is -0.830. The molecule has 2 nitrogen and oxygen atoms in total. The maximum absolute atomic E-state index is 11.7. The van der Waals surface area contributed by atoms with Crippen molar-refractivity contribution in [1.29, 1.82) is 0 Å². The number of methoxy groups -OCH3 is 1. The Balaban J connectivity index is 3.20. The number of hydrogen-bond donors (Lipinski definition) is 0. The second-order valence-corrected chi connectivity index (χ2v) is 4.51. The summed E-state index contributed by atoms with van der Waals surface area (Å²) >= 11 is 3.26. The van der Waals surface area contributed by atoms with Gasteiger partial charge in [-0.15, -0.1) is 0 Å². The quantitative estimate of drug-likeness (QED) is 0.614. The Kier molecular flexibility index (Phi) is 3.69. The van der Waals surface area contributed by atoms with Crippen LogP contribution in [0.25, 0.3) is 0 Å². The molecule has 0 heterocycles. The average molecular weight is 257 g/mol. The number of ketones is 1. The van der Waals surface area contributed by atoms with Crippen LogP contribution in [0.3, 0.4) is 0 Å². The molecule has 0 fully saturated rings. The van der Waals surface area contributed by atoms with E-state index < -0.39 is 0 Å². The highest BCUT2D eigenvalue weighted by molar-refractivity contribution is 9.10. The molecule has 0 spiro atoms. The molecule has 76 valence electrons. The molecular weight excluding hydrogens is 244 g/mol. The molecule has 0 aliphatic heterocycles. The molecule has 14 heavy (non-hydrogen) atoms. The van der Waals surface area contributed by atoms with Crippen LogP contribution in [-0.2, 0) is 0 Å². The minimum Gasteiger partial charge on any atom is -0.496 e. The molecule has 1 rings (SSSR count). The minimum atomic E-state index is -0.182. The number of alkyl halides is 1. The number of halogens is 1. The fraction of sp³-hybridized carbons (Fsp3) is 0.364. The number of ether oxygens (including phenoxy) is 1. The van der Waals surface area contributed by atoms with Gasteiger partial charge in [0.05, 0.1) is 17.5 Å². The summed E-state index contributed by atoms with van der Waals surface area (Å²) in [4.78, 5) is 11.6. The Morgan fingerprint density at radius 3 is 2.64 bits per heavy atom. The smallest absolute Gasteiger partial charge is 0.179 e. The van der Waals surface area contributed by atoms with Gasteiger partial charge in [0.1, 0.15) is 5.75 Å². The average Bonchev–Trinajstić information content (AvgIpc) is 2.16. The number of para-hydroxylation sites is 1. The van der Waals surface area contributed by atoms with Gasteiger partial charge < -0.3 is 4.74 Å². The van der Waals surface area contributed by atoms with Crippen LogP contribution in [0.15, 0.2) is 18.2 Å². The molecular formula is C11H13BrO2. The van der Waals surface area contributed by atoms with Gasteiger partial charge in [0.15, 0.2) is 5.78 Å². The Labute approximate surface area is 92.4 Å². The number of Topliss-reactive ketones (excluding diaryl/α,β-unsaturated/α-hetero) is 1. The largest absolute Gasteiger partial charge is 0.496 e. The Morgan fingerprint density at radius 1 is 1.50 bits per heavy atom. The number of rotatable bonds is 3. The van der Waals surface area contributed by atoms with E-state index in [2.05, 4.69) is 15.9 Å². The normalized spacial score (nSPS) is 12.3. The summed E-state index contributed by atoms with van der Waals surface area (Å²) in [6.45, 7) is 3.73. The first kappa shape index (κ1) is 11.2. The van der Waals surface area contributed by atoms with Crippen molar-refractivity contribution in [2.45, 2.75) is 18.7 Å². The molecule has 1 aromatic rings. The standard InChI is InChI=1S/C11H13BrO2/c1-7-5-4-6-9(11(7)14-3)10(13)8(2)12/h4-6,8H,1-3H3. The number of carbonyl (C=O) groups excluding carboxylic acids is 1. The van der Waals surface area contributed by atoms with Gasteiger partial charge in [-0.2, -0.15) is 0 Å². The molecule has 0 radical (unpaired) electrons. The van der Waals surface area contributed by atoms with Gasteiger partial charge in [-0.1, -0.05) is 28.1 Å². The predicted octanol–water partition coefficient (Wildman–Crippen LogP) is 2.97. The summed E-state index contributed by atoms with van der Waals surface area (Å²) in [5.74, 6) is 0.717. The van der Waals surface area contributed by atoms with Crippen LogP contribution in [0.4, 0.5) is 0 Å². The molecule has 3 heteroatoms. The Bertz CT molecular complexity index is 345. The van der Waals surface area contributed by atoms with Crippen LogP contribution in [0.5, 0.6) is 5.75 Å². The van der Waals surface area contributed by atoms with E-state index in [-0.39, 0.29) is 10.6 Å². The molecule has 0 amide bonds. The maximum atomic E-state index is 11.7. The van der Waals surface area contributed by atoms with E-state index in [9.17, 15) is 4.79 Å². The molecule has 0 saturated heterocycles. The van der Waals surface area contributed by atoms with Crippen LogP contribution in [0, 0.1) is 6.92 Å². The van der Waals surface area contributed by atoms with E-state index in [1.54, 1.807) is 13.2 Å². The topological polar surface area (TPSA) is 26.3 Å². The second kappa shape index (κ2) is 4.60. The molecule has 0 bridgehead atoms. The van der Waals surface area contributed by atoms with E-state index in [0.29, 0.717) is 11.3 Å². The van der Waals surface area contributed by atoms with Crippen molar-refractivity contribution >= 4 is 21.7 Å². The van der Waals surface area contributed by atoms with Crippen LogP contribution in [0.2, 0.25) is 0 Å². The van der Waals surface area contributed by atoms with Crippen LogP contribution in [0.1, 0.15) is 22.8 Å². The molecule has 0 aliphatic carbocycles. The van der Waals surface area contributed by atoms with Crippen molar-refractivity contribution in [3.8, 4) is 5.75 Å². The van der Waals surface area contributed by atoms with E-state index in [1.807, 2.05) is 26.0 Å². The molecule has 1 atom stereocenters. The zero-order chi connectivity index (χ0) is 10.7. The third-order valence-electron chi connectivity index (χ3n) is 2.04.